The van der Waals surface area contributed by atoms with Gasteiger partial charge in [-0.25, -0.2) is 9.48 Å². The molecule has 24 heavy (non-hydrogen) atoms. The van der Waals surface area contributed by atoms with Crippen molar-refractivity contribution in [3.8, 4) is 0 Å². The van der Waals surface area contributed by atoms with Crippen LogP contribution in [0.3, 0.4) is 0 Å². The van der Waals surface area contributed by atoms with Crippen molar-refractivity contribution in [2.45, 2.75) is 12.8 Å². The molecule has 2 heterocycles. The van der Waals surface area contributed by atoms with E-state index in [0.717, 1.165) is 5.39 Å². The van der Waals surface area contributed by atoms with E-state index < -0.39 is 5.63 Å². The van der Waals surface area contributed by atoms with Gasteiger partial charge in [0.2, 0.25) is 5.91 Å². The molecular formula is C17H15N3O4. The Morgan fingerprint density at radius 2 is 2.00 bits per heavy atom. The summed E-state index contributed by atoms with van der Waals surface area (Å²) in [5.41, 5.74) is 0.388. The Hall–Kier alpha value is -3.22. The highest BCUT2D eigenvalue weighted by atomic mass is 16.4. The Morgan fingerprint density at radius 1 is 1.21 bits per heavy atom. The lowest BCUT2D eigenvalue weighted by molar-refractivity contribution is -0.116. The number of aromatic nitrogens is 2. The molecule has 2 aromatic heterocycles. The van der Waals surface area contributed by atoms with Crippen molar-refractivity contribution in [3.63, 3.8) is 0 Å². The number of fused-ring (bicyclic) bond motifs is 1. The Bertz CT molecular complexity index is 1020. The van der Waals surface area contributed by atoms with E-state index in [1.807, 2.05) is 6.07 Å². The number of anilines is 1. The first-order valence-electron chi connectivity index (χ1n) is 7.39. The predicted molar refractivity (Wildman–Crippen MR) is 88.9 cm³/mol. The van der Waals surface area contributed by atoms with Crippen molar-refractivity contribution in [3.05, 3.63) is 68.9 Å². The van der Waals surface area contributed by atoms with Crippen molar-refractivity contribution in [1.82, 2.24) is 9.78 Å². The number of hydrogen-bond donors (Lipinski definition) is 1. The largest absolute Gasteiger partial charge is 0.421 e. The van der Waals surface area contributed by atoms with Crippen LogP contribution in [-0.4, -0.2) is 15.7 Å². The molecule has 0 saturated heterocycles. The van der Waals surface area contributed by atoms with Crippen molar-refractivity contribution in [1.29, 1.82) is 0 Å². The van der Waals surface area contributed by atoms with Crippen LogP contribution < -0.4 is 16.5 Å². The first-order chi connectivity index (χ1) is 11.5. The van der Waals surface area contributed by atoms with Gasteiger partial charge in [-0.05, 0) is 18.2 Å². The van der Waals surface area contributed by atoms with Crippen LogP contribution in [0.2, 0.25) is 0 Å². The summed E-state index contributed by atoms with van der Waals surface area (Å²) in [6.07, 6.45) is 0.496. The Balaban J connectivity index is 1.70. The topological polar surface area (TPSA) is 94.2 Å². The van der Waals surface area contributed by atoms with Crippen LogP contribution in [0.15, 0.2) is 56.5 Å². The lowest BCUT2D eigenvalue weighted by Gasteiger charge is -2.05. The van der Waals surface area contributed by atoms with Gasteiger partial charge in [0.25, 0.3) is 5.56 Å². The second-order valence-corrected chi connectivity index (χ2v) is 5.32. The number of rotatable bonds is 4. The van der Waals surface area contributed by atoms with Gasteiger partial charge < -0.3 is 9.73 Å². The van der Waals surface area contributed by atoms with Gasteiger partial charge in [0.1, 0.15) is 11.3 Å². The molecule has 0 radical (unpaired) electrons. The van der Waals surface area contributed by atoms with Crippen molar-refractivity contribution >= 4 is 22.6 Å². The fraction of sp³-hybridized carbons (Fsp3) is 0.176. The molecule has 3 aromatic rings. The van der Waals surface area contributed by atoms with E-state index in [1.165, 1.54) is 10.7 Å². The van der Waals surface area contributed by atoms with Crippen molar-refractivity contribution < 1.29 is 9.21 Å². The van der Waals surface area contributed by atoms with Crippen LogP contribution in [-0.2, 0) is 18.3 Å². The highest BCUT2D eigenvalue weighted by Gasteiger charge is 2.10. The maximum Gasteiger partial charge on any atom is 0.360 e. The molecule has 0 spiro atoms. The summed E-state index contributed by atoms with van der Waals surface area (Å²) >= 11 is 0. The minimum absolute atomic E-state index is 0.104. The van der Waals surface area contributed by atoms with Gasteiger partial charge in [0.05, 0.1) is 5.69 Å². The number of para-hydroxylation sites is 1. The molecule has 1 aromatic carbocycles. The van der Waals surface area contributed by atoms with Gasteiger partial charge in [0.15, 0.2) is 0 Å². The van der Waals surface area contributed by atoms with E-state index in [1.54, 1.807) is 37.4 Å². The van der Waals surface area contributed by atoms with E-state index in [0.29, 0.717) is 17.7 Å². The molecule has 0 fully saturated rings. The maximum atomic E-state index is 12.0. The summed E-state index contributed by atoms with van der Waals surface area (Å²) in [5.74, 6) is -0.326. The molecule has 7 heteroatoms. The standard InChI is InChI=1S/C17H15N3O4/c1-20-16(22)9-7-12(19-20)6-8-15(21)18-13-10-11-4-2-3-5-14(11)24-17(13)23/h2-5,7,9-10H,6,8H2,1H3,(H,18,21). The first kappa shape index (κ1) is 15.7. The van der Waals surface area contributed by atoms with E-state index in [4.69, 9.17) is 4.42 Å². The number of aryl methyl sites for hydroxylation is 2. The molecule has 0 aliphatic carbocycles. The predicted octanol–water partition coefficient (Wildman–Crippen LogP) is 1.46. The first-order valence-corrected chi connectivity index (χ1v) is 7.39. The molecule has 0 saturated carbocycles. The molecule has 122 valence electrons. The lowest BCUT2D eigenvalue weighted by atomic mass is 10.2. The summed E-state index contributed by atoms with van der Waals surface area (Å²) in [6.45, 7) is 0. The average Bonchev–Trinajstić information content (AvgIpc) is 2.56. The number of nitrogens with one attached hydrogen (secondary N) is 1. The summed E-state index contributed by atoms with van der Waals surface area (Å²) in [4.78, 5) is 35.2. The zero-order chi connectivity index (χ0) is 17.1. The summed E-state index contributed by atoms with van der Waals surface area (Å²) < 4.78 is 6.38. The number of carbonyl (C=O) groups is 1. The van der Waals surface area contributed by atoms with Gasteiger partial charge in [-0.15, -0.1) is 0 Å². The van der Waals surface area contributed by atoms with Crippen LogP contribution in [0.1, 0.15) is 12.1 Å². The summed E-state index contributed by atoms with van der Waals surface area (Å²) in [5, 5.41) is 7.34. The highest BCUT2D eigenvalue weighted by Crippen LogP contribution is 2.15. The minimum atomic E-state index is -0.595. The molecular weight excluding hydrogens is 310 g/mol. The zero-order valence-electron chi connectivity index (χ0n) is 13.0. The van der Waals surface area contributed by atoms with Crippen LogP contribution in [0.5, 0.6) is 0 Å². The molecule has 7 nitrogen and oxygen atoms in total. The SMILES string of the molecule is Cn1nc(CCC(=O)Nc2cc3ccccc3oc2=O)ccc1=O. The maximum absolute atomic E-state index is 12.0. The van der Waals surface area contributed by atoms with Gasteiger partial charge in [0, 0.05) is 31.3 Å². The summed E-state index contributed by atoms with van der Waals surface area (Å²) in [7, 11) is 1.55. The van der Waals surface area contributed by atoms with E-state index in [-0.39, 0.29) is 23.6 Å². The zero-order valence-corrected chi connectivity index (χ0v) is 13.0. The van der Waals surface area contributed by atoms with E-state index >= 15 is 0 Å². The average molecular weight is 325 g/mol. The fourth-order valence-corrected chi connectivity index (χ4v) is 2.29. The normalized spacial score (nSPS) is 10.7. The molecule has 3 rings (SSSR count). The molecule has 0 unspecified atom stereocenters. The van der Waals surface area contributed by atoms with Crippen LogP contribution >= 0.6 is 0 Å². The Labute approximate surface area is 136 Å². The smallest absolute Gasteiger partial charge is 0.360 e. The van der Waals surface area contributed by atoms with Crippen molar-refractivity contribution in [2.75, 3.05) is 5.32 Å². The van der Waals surface area contributed by atoms with Crippen LogP contribution in [0, 0.1) is 0 Å². The second kappa shape index (κ2) is 6.49. The molecule has 1 N–H and O–H groups in total. The lowest BCUT2D eigenvalue weighted by Crippen LogP contribution is -2.21. The van der Waals surface area contributed by atoms with Crippen LogP contribution in [0.25, 0.3) is 11.0 Å². The Kier molecular flexibility index (Phi) is 4.24. The Morgan fingerprint density at radius 3 is 2.79 bits per heavy atom. The monoisotopic (exact) mass is 325 g/mol. The number of amides is 1. The fourth-order valence-electron chi connectivity index (χ4n) is 2.29. The minimum Gasteiger partial charge on any atom is -0.421 e. The third-order valence-corrected chi connectivity index (χ3v) is 3.54. The third-order valence-electron chi connectivity index (χ3n) is 3.54. The van der Waals surface area contributed by atoms with Gasteiger partial charge in [-0.1, -0.05) is 18.2 Å². The van der Waals surface area contributed by atoms with Crippen LogP contribution in [0.4, 0.5) is 5.69 Å². The van der Waals surface area contributed by atoms with Crippen molar-refractivity contribution in [2.24, 2.45) is 7.05 Å². The second-order valence-electron chi connectivity index (χ2n) is 5.32. The molecule has 0 atom stereocenters. The molecule has 1 amide bonds. The molecule has 0 aliphatic heterocycles. The van der Waals surface area contributed by atoms with E-state index in [9.17, 15) is 14.4 Å². The van der Waals surface area contributed by atoms with Gasteiger partial charge in [-0.2, -0.15) is 5.10 Å². The molecule has 0 aliphatic rings. The number of nitrogens with zero attached hydrogens (tertiary/aromatic N) is 2. The number of carbonyl (C=O) groups excluding carboxylic acids is 1. The number of hydrogen-bond acceptors (Lipinski definition) is 5. The van der Waals surface area contributed by atoms with Gasteiger partial charge in [-0.3, -0.25) is 9.59 Å². The number of benzene rings is 1. The van der Waals surface area contributed by atoms with E-state index in [2.05, 4.69) is 10.4 Å². The quantitative estimate of drug-likeness (QED) is 0.733. The summed E-state index contributed by atoms with van der Waals surface area (Å²) in [6, 6.07) is 11.6. The van der Waals surface area contributed by atoms with Gasteiger partial charge >= 0.3 is 5.63 Å². The third kappa shape index (κ3) is 3.40. The highest BCUT2D eigenvalue weighted by molar-refractivity contribution is 5.92. The molecule has 0 bridgehead atoms.